The summed E-state index contributed by atoms with van der Waals surface area (Å²) in [7, 11) is 3.86. The highest BCUT2D eigenvalue weighted by Gasteiger charge is 2.08. The monoisotopic (exact) mass is 278 g/mol. The zero-order valence-electron chi connectivity index (χ0n) is 13.7. The summed E-state index contributed by atoms with van der Waals surface area (Å²) in [5.41, 5.74) is 1.40. The van der Waals surface area contributed by atoms with Gasteiger partial charge in [0.15, 0.2) is 0 Å². The Morgan fingerprint density at radius 1 is 1.10 bits per heavy atom. The van der Waals surface area contributed by atoms with E-state index in [1.807, 2.05) is 12.1 Å². The Morgan fingerprint density at radius 3 is 2.45 bits per heavy atom. The lowest BCUT2D eigenvalue weighted by Crippen LogP contribution is -2.36. The molecule has 0 saturated heterocycles. The van der Waals surface area contributed by atoms with Crippen LogP contribution in [0.2, 0.25) is 0 Å². The molecule has 3 heteroatoms. The molecule has 0 radical (unpaired) electrons. The van der Waals surface area contributed by atoms with Crippen molar-refractivity contribution in [1.29, 1.82) is 0 Å². The fourth-order valence-corrected chi connectivity index (χ4v) is 2.18. The van der Waals surface area contributed by atoms with Crippen LogP contribution < -0.4 is 15.0 Å². The van der Waals surface area contributed by atoms with E-state index in [4.69, 9.17) is 4.74 Å². The highest BCUT2D eigenvalue weighted by Crippen LogP contribution is 2.26. The number of benzene rings is 1. The van der Waals surface area contributed by atoms with Gasteiger partial charge >= 0.3 is 0 Å². The van der Waals surface area contributed by atoms with Crippen molar-refractivity contribution in [2.45, 2.75) is 45.6 Å². The number of para-hydroxylation sites is 2. The molecule has 1 N–H and O–H groups in total. The summed E-state index contributed by atoms with van der Waals surface area (Å²) in [4.78, 5) is 2.27. The second kappa shape index (κ2) is 8.15. The Hall–Kier alpha value is -1.22. The zero-order chi connectivity index (χ0) is 15.0. The summed E-state index contributed by atoms with van der Waals surface area (Å²) in [5.74, 6) is 0.949. The van der Waals surface area contributed by atoms with Crippen LogP contribution >= 0.6 is 0 Å². The standard InChI is InChI=1S/C17H30N2O/c1-17(2,3)18-13-9-6-10-14-19(4)15-11-7-8-12-16(15)20-5/h7-8,11-12,18H,6,9-10,13-14H2,1-5H3. The molecule has 0 aliphatic rings. The molecule has 114 valence electrons. The first kappa shape index (κ1) is 16.8. The number of anilines is 1. The quantitative estimate of drug-likeness (QED) is 0.734. The van der Waals surface area contributed by atoms with Crippen LogP contribution in [-0.2, 0) is 0 Å². The summed E-state index contributed by atoms with van der Waals surface area (Å²) < 4.78 is 5.40. The molecule has 3 nitrogen and oxygen atoms in total. The molecule has 0 atom stereocenters. The molecule has 0 aliphatic carbocycles. The third kappa shape index (κ3) is 6.29. The number of methoxy groups -OCH3 is 1. The van der Waals surface area contributed by atoms with Gasteiger partial charge in [-0.15, -0.1) is 0 Å². The van der Waals surface area contributed by atoms with Gasteiger partial charge in [0.1, 0.15) is 5.75 Å². The molecular formula is C17H30N2O. The minimum absolute atomic E-state index is 0.230. The van der Waals surface area contributed by atoms with Gasteiger partial charge < -0.3 is 15.0 Å². The van der Waals surface area contributed by atoms with Gasteiger partial charge in [0.25, 0.3) is 0 Å². The van der Waals surface area contributed by atoms with E-state index in [0.717, 1.165) is 18.8 Å². The number of hydrogen-bond acceptors (Lipinski definition) is 3. The maximum Gasteiger partial charge on any atom is 0.142 e. The molecule has 0 bridgehead atoms. The van der Waals surface area contributed by atoms with E-state index in [2.05, 4.69) is 50.2 Å². The zero-order valence-corrected chi connectivity index (χ0v) is 13.7. The van der Waals surface area contributed by atoms with E-state index < -0.39 is 0 Å². The number of ether oxygens (including phenoxy) is 1. The van der Waals surface area contributed by atoms with Crippen LogP contribution in [0, 0.1) is 0 Å². The van der Waals surface area contributed by atoms with E-state index in [0.29, 0.717) is 0 Å². The molecule has 0 heterocycles. The molecule has 1 aromatic rings. The van der Waals surface area contributed by atoms with E-state index in [1.165, 1.54) is 24.9 Å². The first-order valence-corrected chi connectivity index (χ1v) is 7.53. The Kier molecular flexibility index (Phi) is 6.86. The summed E-state index contributed by atoms with van der Waals surface area (Å²) in [6.07, 6.45) is 3.69. The van der Waals surface area contributed by atoms with Crippen molar-refractivity contribution in [3.63, 3.8) is 0 Å². The van der Waals surface area contributed by atoms with Crippen LogP contribution in [0.5, 0.6) is 5.75 Å². The SMILES string of the molecule is COc1ccccc1N(C)CCCCCNC(C)(C)C. The van der Waals surface area contributed by atoms with Crippen molar-refractivity contribution in [3.8, 4) is 5.75 Å². The summed E-state index contributed by atoms with van der Waals surface area (Å²) in [6.45, 7) is 8.80. The predicted molar refractivity (Wildman–Crippen MR) is 87.9 cm³/mol. The molecule has 1 aromatic carbocycles. The van der Waals surface area contributed by atoms with Crippen molar-refractivity contribution in [1.82, 2.24) is 5.32 Å². The fourth-order valence-electron chi connectivity index (χ4n) is 2.18. The number of hydrogen-bond donors (Lipinski definition) is 1. The van der Waals surface area contributed by atoms with Crippen LogP contribution in [0.1, 0.15) is 40.0 Å². The van der Waals surface area contributed by atoms with Gasteiger partial charge in [0, 0.05) is 19.1 Å². The third-order valence-electron chi connectivity index (χ3n) is 3.32. The number of nitrogens with zero attached hydrogens (tertiary/aromatic N) is 1. The minimum Gasteiger partial charge on any atom is -0.495 e. The smallest absolute Gasteiger partial charge is 0.142 e. The molecule has 1 rings (SSSR count). The first-order chi connectivity index (χ1) is 9.44. The third-order valence-corrected chi connectivity index (χ3v) is 3.32. The number of nitrogens with one attached hydrogen (secondary N) is 1. The lowest BCUT2D eigenvalue weighted by Gasteiger charge is -2.22. The largest absolute Gasteiger partial charge is 0.495 e. The molecule has 0 amide bonds. The average Bonchev–Trinajstić information content (AvgIpc) is 2.41. The van der Waals surface area contributed by atoms with Crippen LogP contribution in [0.15, 0.2) is 24.3 Å². The molecule has 0 spiro atoms. The van der Waals surface area contributed by atoms with E-state index in [1.54, 1.807) is 7.11 Å². The van der Waals surface area contributed by atoms with Gasteiger partial charge in [-0.05, 0) is 52.3 Å². The van der Waals surface area contributed by atoms with Gasteiger partial charge in [-0.3, -0.25) is 0 Å². The molecule has 0 saturated carbocycles. The van der Waals surface area contributed by atoms with Gasteiger partial charge in [-0.25, -0.2) is 0 Å². The highest BCUT2D eigenvalue weighted by molar-refractivity contribution is 5.57. The van der Waals surface area contributed by atoms with Gasteiger partial charge in [0.2, 0.25) is 0 Å². The Labute approximate surface area is 124 Å². The minimum atomic E-state index is 0.230. The topological polar surface area (TPSA) is 24.5 Å². The van der Waals surface area contributed by atoms with Crippen molar-refractivity contribution in [2.24, 2.45) is 0 Å². The lowest BCUT2D eigenvalue weighted by molar-refractivity contribution is 0.413. The van der Waals surface area contributed by atoms with Gasteiger partial charge in [-0.2, -0.15) is 0 Å². The second-order valence-corrected chi connectivity index (χ2v) is 6.33. The molecule has 20 heavy (non-hydrogen) atoms. The molecular weight excluding hydrogens is 248 g/mol. The second-order valence-electron chi connectivity index (χ2n) is 6.33. The van der Waals surface area contributed by atoms with Crippen molar-refractivity contribution in [2.75, 3.05) is 32.1 Å². The van der Waals surface area contributed by atoms with Crippen LogP contribution in [-0.4, -0.2) is 32.8 Å². The Morgan fingerprint density at radius 2 is 1.80 bits per heavy atom. The summed E-state index contributed by atoms with van der Waals surface area (Å²) in [5, 5.41) is 3.53. The summed E-state index contributed by atoms with van der Waals surface area (Å²) in [6, 6.07) is 8.19. The maximum atomic E-state index is 5.40. The van der Waals surface area contributed by atoms with Gasteiger partial charge in [-0.1, -0.05) is 18.6 Å². The van der Waals surface area contributed by atoms with Crippen molar-refractivity contribution < 1.29 is 4.74 Å². The van der Waals surface area contributed by atoms with Crippen LogP contribution in [0.25, 0.3) is 0 Å². The summed E-state index contributed by atoms with van der Waals surface area (Å²) >= 11 is 0. The highest BCUT2D eigenvalue weighted by atomic mass is 16.5. The number of rotatable bonds is 8. The lowest BCUT2D eigenvalue weighted by atomic mass is 10.1. The number of unbranched alkanes of at least 4 members (excludes halogenated alkanes) is 2. The van der Waals surface area contributed by atoms with E-state index in [-0.39, 0.29) is 5.54 Å². The molecule has 0 aromatic heterocycles. The Bertz CT molecular complexity index is 385. The Balaban J connectivity index is 2.25. The first-order valence-electron chi connectivity index (χ1n) is 7.53. The molecule has 0 unspecified atom stereocenters. The maximum absolute atomic E-state index is 5.40. The normalized spacial score (nSPS) is 11.4. The average molecular weight is 278 g/mol. The van der Waals surface area contributed by atoms with Crippen LogP contribution in [0.4, 0.5) is 5.69 Å². The predicted octanol–water partition coefficient (Wildman–Crippen LogP) is 3.69. The van der Waals surface area contributed by atoms with Crippen molar-refractivity contribution in [3.05, 3.63) is 24.3 Å². The molecule has 0 aliphatic heterocycles. The van der Waals surface area contributed by atoms with Crippen molar-refractivity contribution >= 4 is 5.69 Å². The van der Waals surface area contributed by atoms with E-state index in [9.17, 15) is 0 Å². The van der Waals surface area contributed by atoms with Crippen LogP contribution in [0.3, 0.4) is 0 Å². The van der Waals surface area contributed by atoms with Gasteiger partial charge in [0.05, 0.1) is 12.8 Å². The fraction of sp³-hybridized carbons (Fsp3) is 0.647. The molecule has 0 fully saturated rings. The van der Waals surface area contributed by atoms with E-state index >= 15 is 0 Å².